The van der Waals surface area contributed by atoms with Crippen LogP contribution in [0.3, 0.4) is 0 Å². The molecule has 0 bridgehead atoms. The van der Waals surface area contributed by atoms with E-state index in [1.807, 2.05) is 0 Å². The van der Waals surface area contributed by atoms with Gasteiger partial charge >= 0.3 is 0 Å². The zero-order chi connectivity index (χ0) is 15.4. The largest absolute Gasteiger partial charge is 0.459 e. The summed E-state index contributed by atoms with van der Waals surface area (Å²) in [5.41, 5.74) is 0. The second kappa shape index (κ2) is 6.93. The summed E-state index contributed by atoms with van der Waals surface area (Å²) >= 11 is 3.04. The van der Waals surface area contributed by atoms with Crippen LogP contribution in [0, 0.1) is 5.92 Å². The van der Waals surface area contributed by atoms with Crippen LogP contribution in [0.1, 0.15) is 19.7 Å². The predicted octanol–water partition coefficient (Wildman–Crippen LogP) is 3.54. The monoisotopic (exact) mass is 337 g/mol. The van der Waals surface area contributed by atoms with Gasteiger partial charge in [0.2, 0.25) is 11.0 Å². The van der Waals surface area contributed by atoms with Gasteiger partial charge in [0.1, 0.15) is 0 Å². The van der Waals surface area contributed by atoms with Crippen molar-refractivity contribution < 1.29 is 8.83 Å². The number of hydrogen-bond acceptors (Lipinski definition) is 9. The number of furan rings is 1. The number of thioether (sulfide) groups is 1. The lowest BCUT2D eigenvalue weighted by Gasteiger charge is -2.03. The molecule has 0 radical (unpaired) electrons. The lowest BCUT2D eigenvalue weighted by molar-refractivity contribution is 0.494. The maximum atomic E-state index is 5.54. The van der Waals surface area contributed by atoms with E-state index in [2.05, 4.69) is 39.6 Å². The molecule has 3 aromatic rings. The van der Waals surface area contributed by atoms with Crippen LogP contribution in [0.2, 0.25) is 0 Å². The summed E-state index contributed by atoms with van der Waals surface area (Å²) in [6.07, 6.45) is 1.57. The molecule has 1 N–H and O–H groups in total. The number of nitrogens with zero attached hydrogens (tertiary/aromatic N) is 4. The lowest BCUT2D eigenvalue weighted by Crippen LogP contribution is -2.07. The van der Waals surface area contributed by atoms with Crippen LogP contribution >= 0.6 is 23.1 Å². The van der Waals surface area contributed by atoms with E-state index < -0.39 is 0 Å². The second-order valence-electron chi connectivity index (χ2n) is 4.91. The average molecular weight is 337 g/mol. The van der Waals surface area contributed by atoms with Gasteiger partial charge in [0.15, 0.2) is 10.1 Å². The van der Waals surface area contributed by atoms with Crippen LogP contribution in [0.25, 0.3) is 11.7 Å². The average Bonchev–Trinajstić information content (AvgIpc) is 3.23. The van der Waals surface area contributed by atoms with Crippen LogP contribution < -0.4 is 5.32 Å². The fraction of sp³-hybridized carbons (Fsp3) is 0.385. The maximum Gasteiger partial charge on any atom is 0.283 e. The Hall–Kier alpha value is -1.87. The molecule has 0 aliphatic carbocycles. The van der Waals surface area contributed by atoms with Crippen molar-refractivity contribution in [2.24, 2.45) is 5.92 Å². The van der Waals surface area contributed by atoms with Gasteiger partial charge in [-0.15, -0.1) is 20.4 Å². The van der Waals surface area contributed by atoms with Crippen molar-refractivity contribution in [3.63, 3.8) is 0 Å². The summed E-state index contributed by atoms with van der Waals surface area (Å²) < 4.78 is 11.6. The zero-order valence-corrected chi connectivity index (χ0v) is 13.8. The molecule has 0 spiro atoms. The van der Waals surface area contributed by atoms with Crippen molar-refractivity contribution in [1.29, 1.82) is 0 Å². The highest BCUT2D eigenvalue weighted by Gasteiger charge is 2.12. The first kappa shape index (κ1) is 15.0. The lowest BCUT2D eigenvalue weighted by atomic mass is 10.2. The standard InChI is InChI=1S/C13H15N5O2S2/c1-8(2)6-14-12-17-18-13(22-12)21-7-10-15-16-11(20-10)9-4-3-5-19-9/h3-5,8H,6-7H2,1-2H3,(H,14,17). The molecule has 3 heterocycles. The molecule has 0 aliphatic heterocycles. The smallest absolute Gasteiger partial charge is 0.283 e. The second-order valence-corrected chi connectivity index (χ2v) is 7.11. The molecular weight excluding hydrogens is 322 g/mol. The molecule has 0 fully saturated rings. The van der Waals surface area contributed by atoms with Gasteiger partial charge in [-0.1, -0.05) is 36.9 Å². The molecule has 7 nitrogen and oxygen atoms in total. The van der Waals surface area contributed by atoms with Crippen molar-refractivity contribution >= 4 is 28.2 Å². The van der Waals surface area contributed by atoms with Crippen molar-refractivity contribution in [3.05, 3.63) is 24.3 Å². The fourth-order valence-corrected chi connectivity index (χ4v) is 3.16. The van der Waals surface area contributed by atoms with E-state index in [0.717, 1.165) is 16.0 Å². The van der Waals surface area contributed by atoms with E-state index in [0.29, 0.717) is 29.2 Å². The first-order valence-corrected chi connectivity index (χ1v) is 8.57. The molecular formula is C13H15N5O2S2. The van der Waals surface area contributed by atoms with Gasteiger partial charge in [-0.05, 0) is 18.1 Å². The summed E-state index contributed by atoms with van der Waals surface area (Å²) in [6, 6.07) is 3.56. The van der Waals surface area contributed by atoms with Crippen LogP contribution in [0.5, 0.6) is 0 Å². The summed E-state index contributed by atoms with van der Waals surface area (Å²) in [5.74, 6) is 2.60. The predicted molar refractivity (Wildman–Crippen MR) is 84.8 cm³/mol. The Balaban J connectivity index is 1.54. The van der Waals surface area contributed by atoms with E-state index in [9.17, 15) is 0 Å². The summed E-state index contributed by atoms with van der Waals surface area (Å²) in [4.78, 5) is 0. The Morgan fingerprint density at radius 1 is 1.27 bits per heavy atom. The third kappa shape index (κ3) is 3.86. The highest BCUT2D eigenvalue weighted by atomic mass is 32.2. The maximum absolute atomic E-state index is 5.54. The molecule has 0 unspecified atom stereocenters. The Labute approximate surface area is 135 Å². The molecule has 3 rings (SSSR count). The Bertz CT molecular complexity index is 708. The first-order valence-electron chi connectivity index (χ1n) is 6.77. The SMILES string of the molecule is CC(C)CNc1nnc(SCc2nnc(-c3ccco3)o2)s1. The van der Waals surface area contributed by atoms with Crippen molar-refractivity contribution in [2.45, 2.75) is 23.9 Å². The molecule has 9 heteroatoms. The summed E-state index contributed by atoms with van der Waals surface area (Å²) in [5, 5.41) is 20.3. The first-order chi connectivity index (χ1) is 10.7. The van der Waals surface area contributed by atoms with Crippen molar-refractivity contribution in [3.8, 4) is 11.7 Å². The third-order valence-corrected chi connectivity index (χ3v) is 4.58. The molecule has 0 amide bonds. The van der Waals surface area contributed by atoms with Crippen LogP contribution in [0.15, 0.2) is 31.6 Å². The van der Waals surface area contributed by atoms with Gasteiger partial charge in [0.25, 0.3) is 5.89 Å². The van der Waals surface area contributed by atoms with E-state index in [-0.39, 0.29) is 0 Å². The van der Waals surface area contributed by atoms with E-state index in [4.69, 9.17) is 8.83 Å². The summed E-state index contributed by atoms with van der Waals surface area (Å²) in [7, 11) is 0. The minimum Gasteiger partial charge on any atom is -0.459 e. The molecule has 0 saturated heterocycles. The van der Waals surface area contributed by atoms with Crippen LogP contribution in [-0.2, 0) is 5.75 Å². The molecule has 0 aromatic carbocycles. The number of nitrogens with one attached hydrogen (secondary N) is 1. The Kier molecular flexibility index (Phi) is 4.74. The van der Waals surface area contributed by atoms with Crippen LogP contribution in [-0.4, -0.2) is 26.9 Å². The molecule has 22 heavy (non-hydrogen) atoms. The van der Waals surface area contributed by atoms with E-state index in [1.54, 1.807) is 18.4 Å². The molecule has 0 aliphatic rings. The van der Waals surface area contributed by atoms with Gasteiger partial charge in [-0.25, -0.2) is 0 Å². The third-order valence-electron chi connectivity index (χ3n) is 2.59. The van der Waals surface area contributed by atoms with Gasteiger partial charge in [-0.3, -0.25) is 0 Å². The minimum atomic E-state index is 0.386. The zero-order valence-electron chi connectivity index (χ0n) is 12.1. The van der Waals surface area contributed by atoms with Gasteiger partial charge in [-0.2, -0.15) is 0 Å². The Morgan fingerprint density at radius 3 is 2.95 bits per heavy atom. The number of rotatable bonds is 7. The molecule has 0 atom stereocenters. The normalized spacial score (nSPS) is 11.2. The fourth-order valence-electron chi connectivity index (χ4n) is 1.57. The minimum absolute atomic E-state index is 0.386. The Morgan fingerprint density at radius 2 is 2.18 bits per heavy atom. The van der Waals surface area contributed by atoms with Gasteiger partial charge in [0.05, 0.1) is 12.0 Å². The van der Waals surface area contributed by atoms with Crippen molar-refractivity contribution in [2.75, 3.05) is 11.9 Å². The highest BCUT2D eigenvalue weighted by Crippen LogP contribution is 2.29. The topological polar surface area (TPSA) is 89.9 Å². The molecule has 0 saturated carbocycles. The molecule has 116 valence electrons. The number of aromatic nitrogens is 4. The van der Waals surface area contributed by atoms with Gasteiger partial charge < -0.3 is 14.2 Å². The van der Waals surface area contributed by atoms with Gasteiger partial charge in [0, 0.05) is 6.54 Å². The molecule has 3 aromatic heterocycles. The summed E-state index contributed by atoms with van der Waals surface area (Å²) in [6.45, 7) is 5.18. The number of anilines is 1. The van der Waals surface area contributed by atoms with Crippen molar-refractivity contribution in [1.82, 2.24) is 20.4 Å². The van der Waals surface area contributed by atoms with Crippen LogP contribution in [0.4, 0.5) is 5.13 Å². The quantitative estimate of drug-likeness (QED) is 0.655. The number of hydrogen-bond donors (Lipinski definition) is 1. The van der Waals surface area contributed by atoms with E-state index >= 15 is 0 Å². The van der Waals surface area contributed by atoms with E-state index in [1.165, 1.54) is 23.1 Å². The highest BCUT2D eigenvalue weighted by molar-refractivity contribution is 8.00.